The molecule has 1 heterocycles. The molecule has 150 valence electrons. The van der Waals surface area contributed by atoms with Gasteiger partial charge in [0, 0.05) is 6.54 Å². The maximum Gasteiger partial charge on any atom is 0.143 e. The van der Waals surface area contributed by atoms with Crippen molar-refractivity contribution in [1.82, 2.24) is 9.55 Å². The molecule has 0 aliphatic rings. The van der Waals surface area contributed by atoms with E-state index >= 15 is 0 Å². The Morgan fingerprint density at radius 3 is 2.11 bits per heavy atom. The quantitative estimate of drug-likeness (QED) is 0.358. The lowest BCUT2D eigenvalue weighted by Gasteiger charge is -2.14. The molecule has 0 radical (unpaired) electrons. The Kier molecular flexibility index (Phi) is 8.10. The first-order chi connectivity index (χ1) is 13.8. The average molecular weight is 379 g/mol. The van der Waals surface area contributed by atoms with Crippen LogP contribution in [0, 0.1) is 0 Å². The Morgan fingerprint density at radius 1 is 0.786 bits per heavy atom. The molecule has 28 heavy (non-hydrogen) atoms. The Bertz CT molecular complexity index is 825. The zero-order valence-electron chi connectivity index (χ0n) is 17.2. The Labute approximate surface area is 169 Å². The third kappa shape index (κ3) is 5.45. The van der Waals surface area contributed by atoms with Crippen LogP contribution in [-0.2, 0) is 6.54 Å². The molecule has 1 atom stereocenters. The summed E-state index contributed by atoms with van der Waals surface area (Å²) in [5.74, 6) is 0.756. The molecule has 0 fully saturated rings. The largest absolute Gasteiger partial charge is 0.380 e. The predicted octanol–water partition coefficient (Wildman–Crippen LogP) is 6.65. The van der Waals surface area contributed by atoms with Gasteiger partial charge in [-0.1, -0.05) is 101 Å². The van der Waals surface area contributed by atoms with E-state index in [-0.39, 0.29) is 0 Å². The van der Waals surface area contributed by atoms with Crippen LogP contribution in [0.2, 0.25) is 0 Å². The molecule has 3 aromatic rings. The monoisotopic (exact) mass is 378 g/mol. The highest BCUT2D eigenvalue weighted by molar-refractivity contribution is 5.76. The van der Waals surface area contributed by atoms with Crippen molar-refractivity contribution in [2.45, 2.75) is 77.4 Å². The normalized spacial score (nSPS) is 12.5. The molecule has 3 heteroatoms. The van der Waals surface area contributed by atoms with E-state index in [0.717, 1.165) is 35.4 Å². The van der Waals surface area contributed by atoms with Gasteiger partial charge in [0.1, 0.15) is 11.9 Å². The topological polar surface area (TPSA) is 38.0 Å². The van der Waals surface area contributed by atoms with Gasteiger partial charge in [-0.3, -0.25) is 0 Å². The van der Waals surface area contributed by atoms with Crippen molar-refractivity contribution in [3.8, 4) is 0 Å². The third-order valence-electron chi connectivity index (χ3n) is 5.53. The molecule has 2 aromatic carbocycles. The van der Waals surface area contributed by atoms with Gasteiger partial charge in [0.15, 0.2) is 0 Å². The van der Waals surface area contributed by atoms with E-state index in [2.05, 4.69) is 23.6 Å². The highest BCUT2D eigenvalue weighted by atomic mass is 16.3. The minimum atomic E-state index is -0.688. The summed E-state index contributed by atoms with van der Waals surface area (Å²) in [7, 11) is 0. The van der Waals surface area contributed by atoms with E-state index in [4.69, 9.17) is 4.98 Å². The molecule has 1 N–H and O–H groups in total. The molecule has 0 saturated heterocycles. The SMILES string of the molecule is CCCCCCCCCCCn1c(C(O)c2ccccc2)nc2ccccc21. The van der Waals surface area contributed by atoms with Crippen molar-refractivity contribution >= 4 is 11.0 Å². The fraction of sp³-hybridized carbons (Fsp3) is 0.480. The second kappa shape index (κ2) is 11.0. The zero-order valence-corrected chi connectivity index (χ0v) is 17.2. The summed E-state index contributed by atoms with van der Waals surface area (Å²) in [5, 5.41) is 10.9. The minimum absolute atomic E-state index is 0.688. The van der Waals surface area contributed by atoms with Crippen molar-refractivity contribution < 1.29 is 5.11 Å². The number of aliphatic hydroxyl groups is 1. The van der Waals surface area contributed by atoms with Crippen LogP contribution in [-0.4, -0.2) is 14.7 Å². The highest BCUT2D eigenvalue weighted by Crippen LogP contribution is 2.26. The van der Waals surface area contributed by atoms with E-state index in [9.17, 15) is 5.11 Å². The summed E-state index contributed by atoms with van der Waals surface area (Å²) >= 11 is 0. The maximum absolute atomic E-state index is 10.9. The van der Waals surface area contributed by atoms with Crippen LogP contribution in [0.5, 0.6) is 0 Å². The van der Waals surface area contributed by atoms with Gasteiger partial charge in [-0.25, -0.2) is 4.98 Å². The van der Waals surface area contributed by atoms with Gasteiger partial charge in [-0.2, -0.15) is 0 Å². The average Bonchev–Trinajstić information content (AvgIpc) is 3.11. The van der Waals surface area contributed by atoms with E-state index in [1.54, 1.807) is 0 Å². The van der Waals surface area contributed by atoms with Gasteiger partial charge in [0.05, 0.1) is 11.0 Å². The standard InChI is InChI=1S/C25H34N2O/c1-2-3-4-5-6-7-8-9-15-20-27-23-19-14-13-18-22(23)26-25(27)24(28)21-16-11-10-12-17-21/h10-14,16-19,24,28H,2-9,15,20H2,1H3. The van der Waals surface area contributed by atoms with Gasteiger partial charge < -0.3 is 9.67 Å². The lowest BCUT2D eigenvalue weighted by atomic mass is 10.1. The van der Waals surface area contributed by atoms with Crippen LogP contribution in [0.3, 0.4) is 0 Å². The van der Waals surface area contributed by atoms with Crippen LogP contribution < -0.4 is 0 Å². The van der Waals surface area contributed by atoms with Gasteiger partial charge in [0.25, 0.3) is 0 Å². The van der Waals surface area contributed by atoms with E-state index in [0.29, 0.717) is 0 Å². The predicted molar refractivity (Wildman–Crippen MR) is 117 cm³/mol. The third-order valence-corrected chi connectivity index (χ3v) is 5.53. The number of rotatable bonds is 12. The molecule has 0 amide bonds. The number of hydrogen-bond donors (Lipinski definition) is 1. The smallest absolute Gasteiger partial charge is 0.143 e. The number of para-hydroxylation sites is 2. The molecule has 1 aromatic heterocycles. The first-order valence-electron chi connectivity index (χ1n) is 11.0. The molecular weight excluding hydrogens is 344 g/mol. The number of aryl methyl sites for hydroxylation is 1. The summed E-state index contributed by atoms with van der Waals surface area (Å²) in [6.07, 6.45) is 11.1. The molecule has 0 saturated carbocycles. The summed E-state index contributed by atoms with van der Waals surface area (Å²) < 4.78 is 2.22. The van der Waals surface area contributed by atoms with Crippen molar-refractivity contribution in [3.05, 3.63) is 66.0 Å². The van der Waals surface area contributed by atoms with Gasteiger partial charge in [0.2, 0.25) is 0 Å². The molecule has 3 rings (SSSR count). The lowest BCUT2D eigenvalue weighted by Crippen LogP contribution is -2.10. The fourth-order valence-electron chi connectivity index (χ4n) is 3.90. The number of fused-ring (bicyclic) bond motifs is 1. The number of aliphatic hydroxyl groups excluding tert-OH is 1. The molecule has 0 aliphatic heterocycles. The zero-order chi connectivity index (χ0) is 19.6. The van der Waals surface area contributed by atoms with Gasteiger partial charge in [-0.15, -0.1) is 0 Å². The first-order valence-corrected chi connectivity index (χ1v) is 11.0. The number of aromatic nitrogens is 2. The second-order valence-electron chi connectivity index (χ2n) is 7.75. The number of benzene rings is 2. The van der Waals surface area contributed by atoms with E-state index in [1.807, 2.05) is 42.5 Å². The van der Waals surface area contributed by atoms with E-state index < -0.39 is 6.10 Å². The van der Waals surface area contributed by atoms with Crippen molar-refractivity contribution in [2.75, 3.05) is 0 Å². The fourth-order valence-corrected chi connectivity index (χ4v) is 3.90. The number of nitrogens with zero attached hydrogens (tertiary/aromatic N) is 2. The van der Waals surface area contributed by atoms with Crippen LogP contribution in [0.25, 0.3) is 11.0 Å². The van der Waals surface area contributed by atoms with Crippen molar-refractivity contribution in [1.29, 1.82) is 0 Å². The van der Waals surface area contributed by atoms with Crippen LogP contribution in [0.1, 0.15) is 82.2 Å². The molecule has 0 bridgehead atoms. The Hall–Kier alpha value is -2.13. The maximum atomic E-state index is 10.9. The number of unbranched alkanes of at least 4 members (excludes halogenated alkanes) is 8. The van der Waals surface area contributed by atoms with E-state index in [1.165, 1.54) is 51.4 Å². The summed E-state index contributed by atoms with van der Waals surface area (Å²) in [5.41, 5.74) is 2.97. The summed E-state index contributed by atoms with van der Waals surface area (Å²) in [6.45, 7) is 3.18. The summed E-state index contributed by atoms with van der Waals surface area (Å²) in [4.78, 5) is 4.76. The number of imidazole rings is 1. The summed E-state index contributed by atoms with van der Waals surface area (Å²) in [6, 6.07) is 18.0. The van der Waals surface area contributed by atoms with Crippen LogP contribution in [0.4, 0.5) is 0 Å². The molecule has 0 aliphatic carbocycles. The van der Waals surface area contributed by atoms with Crippen LogP contribution >= 0.6 is 0 Å². The molecule has 1 unspecified atom stereocenters. The Morgan fingerprint density at radius 2 is 1.39 bits per heavy atom. The lowest BCUT2D eigenvalue weighted by molar-refractivity contribution is 0.204. The number of hydrogen-bond acceptors (Lipinski definition) is 2. The molecule has 3 nitrogen and oxygen atoms in total. The second-order valence-corrected chi connectivity index (χ2v) is 7.75. The van der Waals surface area contributed by atoms with Crippen molar-refractivity contribution in [2.24, 2.45) is 0 Å². The molecule has 0 spiro atoms. The highest BCUT2D eigenvalue weighted by Gasteiger charge is 2.19. The molecular formula is C25H34N2O. The van der Waals surface area contributed by atoms with Gasteiger partial charge >= 0.3 is 0 Å². The first kappa shape index (κ1) is 20.6. The minimum Gasteiger partial charge on any atom is -0.380 e. The van der Waals surface area contributed by atoms with Crippen molar-refractivity contribution in [3.63, 3.8) is 0 Å². The van der Waals surface area contributed by atoms with Gasteiger partial charge in [-0.05, 0) is 24.1 Å². The van der Waals surface area contributed by atoms with Crippen LogP contribution in [0.15, 0.2) is 54.6 Å². The Balaban J connectivity index is 1.60.